The van der Waals surface area contributed by atoms with Crippen molar-refractivity contribution in [3.8, 4) is 0 Å². The molecule has 7 heteroatoms. The van der Waals surface area contributed by atoms with Crippen molar-refractivity contribution in [2.24, 2.45) is 10.9 Å². The number of aromatic nitrogens is 1. The standard InChI is InChI=1S/C12H13FN4O2/c13-11-8(2-1-3-10(11)12(14)16-18)6-15-7-9-4-5-19-17-9/h1-5,15,18H,6-7H2,(H2,14,16). The molecule has 0 aliphatic heterocycles. The summed E-state index contributed by atoms with van der Waals surface area (Å²) < 4.78 is 18.7. The van der Waals surface area contributed by atoms with E-state index in [1.807, 2.05) is 0 Å². The van der Waals surface area contributed by atoms with Gasteiger partial charge in [-0.25, -0.2) is 4.39 Å². The molecule has 1 aromatic carbocycles. The molecule has 1 aromatic heterocycles. The summed E-state index contributed by atoms with van der Waals surface area (Å²) in [5.74, 6) is -0.763. The van der Waals surface area contributed by atoms with Crippen LogP contribution in [-0.2, 0) is 13.1 Å². The van der Waals surface area contributed by atoms with Crippen molar-refractivity contribution in [1.82, 2.24) is 10.5 Å². The first-order valence-corrected chi connectivity index (χ1v) is 5.57. The number of hydrogen-bond acceptors (Lipinski definition) is 5. The lowest BCUT2D eigenvalue weighted by Crippen LogP contribution is -2.18. The highest BCUT2D eigenvalue weighted by molar-refractivity contribution is 5.97. The van der Waals surface area contributed by atoms with Crippen molar-refractivity contribution in [2.75, 3.05) is 0 Å². The Kier molecular flexibility index (Phi) is 4.09. The van der Waals surface area contributed by atoms with Gasteiger partial charge in [0, 0.05) is 24.7 Å². The molecule has 0 fully saturated rings. The lowest BCUT2D eigenvalue weighted by atomic mass is 10.1. The van der Waals surface area contributed by atoms with Gasteiger partial charge in [0.05, 0.1) is 11.3 Å². The van der Waals surface area contributed by atoms with Gasteiger partial charge in [-0.3, -0.25) is 0 Å². The van der Waals surface area contributed by atoms with E-state index in [4.69, 9.17) is 10.9 Å². The molecule has 0 amide bonds. The maximum Gasteiger partial charge on any atom is 0.173 e. The van der Waals surface area contributed by atoms with E-state index in [-0.39, 0.29) is 11.4 Å². The molecule has 0 saturated carbocycles. The third-order valence-electron chi connectivity index (χ3n) is 2.58. The molecule has 4 N–H and O–H groups in total. The van der Waals surface area contributed by atoms with E-state index in [1.165, 1.54) is 12.3 Å². The second-order valence-electron chi connectivity index (χ2n) is 3.86. The highest BCUT2D eigenvalue weighted by Crippen LogP contribution is 2.13. The zero-order valence-corrected chi connectivity index (χ0v) is 10.0. The van der Waals surface area contributed by atoms with Gasteiger partial charge < -0.3 is 20.8 Å². The van der Waals surface area contributed by atoms with Crippen LogP contribution in [0.4, 0.5) is 4.39 Å². The van der Waals surface area contributed by atoms with Crippen molar-refractivity contribution < 1.29 is 14.1 Å². The van der Waals surface area contributed by atoms with Crippen molar-refractivity contribution in [3.63, 3.8) is 0 Å². The van der Waals surface area contributed by atoms with E-state index in [2.05, 4.69) is 20.2 Å². The predicted molar refractivity (Wildman–Crippen MR) is 66.0 cm³/mol. The van der Waals surface area contributed by atoms with Crippen LogP contribution in [0.15, 0.2) is 40.2 Å². The molecule has 0 spiro atoms. The molecule has 0 bridgehead atoms. The minimum Gasteiger partial charge on any atom is -0.409 e. The van der Waals surface area contributed by atoms with Gasteiger partial charge >= 0.3 is 0 Å². The van der Waals surface area contributed by atoms with Gasteiger partial charge in [-0.2, -0.15) is 0 Å². The summed E-state index contributed by atoms with van der Waals surface area (Å²) in [6.07, 6.45) is 1.47. The number of nitrogens with zero attached hydrogens (tertiary/aromatic N) is 2. The van der Waals surface area contributed by atoms with Crippen LogP contribution in [0.5, 0.6) is 0 Å². The zero-order chi connectivity index (χ0) is 13.7. The number of hydrogen-bond donors (Lipinski definition) is 3. The van der Waals surface area contributed by atoms with E-state index >= 15 is 0 Å². The molecule has 0 unspecified atom stereocenters. The molecule has 0 saturated heterocycles. The summed E-state index contributed by atoms with van der Waals surface area (Å²) in [5.41, 5.74) is 6.61. The van der Waals surface area contributed by atoms with Gasteiger partial charge in [-0.05, 0) is 6.07 Å². The number of oxime groups is 1. The Morgan fingerprint density at radius 1 is 1.42 bits per heavy atom. The lowest BCUT2D eigenvalue weighted by Gasteiger charge is -2.07. The van der Waals surface area contributed by atoms with Crippen LogP contribution in [0, 0.1) is 5.82 Å². The molecule has 0 aliphatic carbocycles. The summed E-state index contributed by atoms with van der Waals surface area (Å²) in [4.78, 5) is 0. The van der Waals surface area contributed by atoms with E-state index in [0.717, 1.165) is 5.69 Å². The normalized spacial score (nSPS) is 11.7. The average molecular weight is 264 g/mol. The first kappa shape index (κ1) is 13.0. The SMILES string of the molecule is N/C(=N/O)c1cccc(CNCc2ccon2)c1F. The molecular formula is C12H13FN4O2. The van der Waals surface area contributed by atoms with Crippen molar-refractivity contribution >= 4 is 5.84 Å². The number of halogens is 1. The number of rotatable bonds is 5. The smallest absolute Gasteiger partial charge is 0.173 e. The molecule has 2 aromatic rings. The highest BCUT2D eigenvalue weighted by Gasteiger charge is 2.11. The molecule has 6 nitrogen and oxygen atoms in total. The third kappa shape index (κ3) is 3.08. The molecule has 0 atom stereocenters. The molecule has 0 radical (unpaired) electrons. The van der Waals surface area contributed by atoms with Crippen LogP contribution in [0.3, 0.4) is 0 Å². The Labute approximate surface area is 108 Å². The van der Waals surface area contributed by atoms with Crippen molar-refractivity contribution in [1.29, 1.82) is 0 Å². The Morgan fingerprint density at radius 3 is 2.95 bits per heavy atom. The number of benzene rings is 1. The Morgan fingerprint density at radius 2 is 2.26 bits per heavy atom. The first-order valence-electron chi connectivity index (χ1n) is 5.57. The fraction of sp³-hybridized carbons (Fsp3) is 0.167. The van der Waals surface area contributed by atoms with Gasteiger partial charge in [0.15, 0.2) is 5.84 Å². The largest absolute Gasteiger partial charge is 0.409 e. The Bertz CT molecular complexity index is 569. The Balaban J connectivity index is 2.04. The van der Waals surface area contributed by atoms with Gasteiger partial charge in [-0.15, -0.1) is 0 Å². The lowest BCUT2D eigenvalue weighted by molar-refractivity contribution is 0.318. The summed E-state index contributed by atoms with van der Waals surface area (Å²) in [5, 5.41) is 18.1. The fourth-order valence-electron chi connectivity index (χ4n) is 1.62. The maximum atomic E-state index is 14.0. The zero-order valence-electron chi connectivity index (χ0n) is 10.0. The minimum atomic E-state index is -0.509. The molecule has 1 heterocycles. The molecule has 0 aliphatic rings. The summed E-state index contributed by atoms with van der Waals surface area (Å²) in [7, 11) is 0. The van der Waals surface area contributed by atoms with Crippen LogP contribution in [0.1, 0.15) is 16.8 Å². The summed E-state index contributed by atoms with van der Waals surface area (Å²) in [6, 6.07) is 6.44. The predicted octanol–water partition coefficient (Wildman–Crippen LogP) is 1.20. The van der Waals surface area contributed by atoms with Gasteiger partial charge in [-0.1, -0.05) is 22.4 Å². The number of nitrogens with one attached hydrogen (secondary N) is 1. The average Bonchev–Trinajstić information content (AvgIpc) is 2.93. The molecule has 100 valence electrons. The van der Waals surface area contributed by atoms with Crippen LogP contribution in [-0.4, -0.2) is 16.2 Å². The van der Waals surface area contributed by atoms with Crippen LogP contribution >= 0.6 is 0 Å². The maximum absolute atomic E-state index is 14.0. The van der Waals surface area contributed by atoms with Crippen molar-refractivity contribution in [2.45, 2.75) is 13.1 Å². The van der Waals surface area contributed by atoms with Gasteiger partial charge in [0.2, 0.25) is 0 Å². The second-order valence-corrected chi connectivity index (χ2v) is 3.86. The fourth-order valence-corrected chi connectivity index (χ4v) is 1.62. The summed E-state index contributed by atoms with van der Waals surface area (Å²) >= 11 is 0. The van der Waals surface area contributed by atoms with E-state index < -0.39 is 5.82 Å². The number of amidine groups is 1. The highest BCUT2D eigenvalue weighted by atomic mass is 19.1. The van der Waals surface area contributed by atoms with E-state index in [9.17, 15) is 4.39 Å². The first-order chi connectivity index (χ1) is 9.22. The quantitative estimate of drug-likeness (QED) is 0.326. The second kappa shape index (κ2) is 5.96. The van der Waals surface area contributed by atoms with Crippen LogP contribution in [0.25, 0.3) is 0 Å². The van der Waals surface area contributed by atoms with Gasteiger partial charge in [0.25, 0.3) is 0 Å². The minimum absolute atomic E-state index is 0.0724. The third-order valence-corrected chi connectivity index (χ3v) is 2.58. The van der Waals surface area contributed by atoms with Gasteiger partial charge in [0.1, 0.15) is 12.1 Å². The molecule has 2 rings (SSSR count). The monoisotopic (exact) mass is 264 g/mol. The molecule has 19 heavy (non-hydrogen) atoms. The topological polar surface area (TPSA) is 96.7 Å². The van der Waals surface area contributed by atoms with Crippen LogP contribution in [0.2, 0.25) is 0 Å². The molecular weight excluding hydrogens is 251 g/mol. The summed E-state index contributed by atoms with van der Waals surface area (Å²) in [6.45, 7) is 0.759. The Hall–Kier alpha value is -2.41. The van der Waals surface area contributed by atoms with E-state index in [0.29, 0.717) is 18.7 Å². The van der Waals surface area contributed by atoms with E-state index in [1.54, 1.807) is 18.2 Å². The van der Waals surface area contributed by atoms with Crippen LogP contribution < -0.4 is 11.1 Å². The number of nitrogens with two attached hydrogens (primary N) is 1. The van der Waals surface area contributed by atoms with Crippen molar-refractivity contribution in [3.05, 3.63) is 53.2 Å².